The van der Waals surface area contributed by atoms with Crippen molar-refractivity contribution in [2.75, 3.05) is 23.9 Å². The van der Waals surface area contributed by atoms with Crippen LogP contribution < -0.4 is 10.1 Å². The predicted molar refractivity (Wildman–Crippen MR) is 115 cm³/mol. The number of sulfone groups is 1. The number of hydrogen-bond acceptors (Lipinski definition) is 4. The van der Waals surface area contributed by atoms with Gasteiger partial charge in [-0.25, -0.2) is 8.42 Å². The largest absolute Gasteiger partial charge is 0.497 e. The lowest BCUT2D eigenvalue weighted by atomic mass is 10.1. The van der Waals surface area contributed by atoms with Crippen LogP contribution in [-0.4, -0.2) is 43.8 Å². The normalized spacial score (nSPS) is 17.0. The van der Waals surface area contributed by atoms with Crippen LogP contribution in [0.3, 0.4) is 0 Å². The van der Waals surface area contributed by atoms with Crippen molar-refractivity contribution < 1.29 is 26.3 Å². The van der Waals surface area contributed by atoms with Crippen LogP contribution in [0.2, 0.25) is 0 Å². The number of ether oxygens (including phenoxy) is 1. The van der Waals surface area contributed by atoms with E-state index in [1.807, 2.05) is 6.07 Å². The number of hydrogen-bond donors (Lipinski definition) is 1. The van der Waals surface area contributed by atoms with E-state index in [2.05, 4.69) is 5.32 Å². The van der Waals surface area contributed by atoms with Crippen molar-refractivity contribution in [3.05, 3.63) is 48.5 Å². The zero-order chi connectivity index (χ0) is 22.2. The van der Waals surface area contributed by atoms with Crippen molar-refractivity contribution in [2.45, 2.75) is 31.6 Å². The van der Waals surface area contributed by atoms with Gasteiger partial charge in [-0.05, 0) is 43.2 Å². The summed E-state index contributed by atoms with van der Waals surface area (Å²) in [6.45, 7) is -1.12. The summed E-state index contributed by atoms with van der Waals surface area (Å²) in [6.07, 6.45) is -3.43. The van der Waals surface area contributed by atoms with E-state index < -0.39 is 22.6 Å². The zero-order valence-electron chi connectivity index (χ0n) is 16.9. The van der Waals surface area contributed by atoms with Gasteiger partial charge >= 0.3 is 6.18 Å². The maximum Gasteiger partial charge on any atom is 0.406 e. The van der Waals surface area contributed by atoms with Gasteiger partial charge in [-0.2, -0.15) is 13.2 Å². The minimum Gasteiger partial charge on any atom is -0.497 e. The van der Waals surface area contributed by atoms with Crippen LogP contribution in [0.15, 0.2) is 48.5 Å². The Labute approximate surface area is 178 Å². The van der Waals surface area contributed by atoms with E-state index >= 15 is 0 Å². The van der Waals surface area contributed by atoms with E-state index in [0.29, 0.717) is 46.4 Å². The fourth-order valence-electron chi connectivity index (χ4n) is 4.04. The van der Waals surface area contributed by atoms with Crippen LogP contribution in [0.1, 0.15) is 12.8 Å². The molecule has 0 spiro atoms. The molecule has 0 aliphatic carbocycles. The molecule has 4 rings (SSSR count). The van der Waals surface area contributed by atoms with Crippen molar-refractivity contribution in [1.29, 1.82) is 0 Å². The van der Waals surface area contributed by atoms with E-state index in [9.17, 15) is 21.6 Å². The van der Waals surface area contributed by atoms with Crippen LogP contribution in [0.5, 0.6) is 5.75 Å². The molecule has 0 bridgehead atoms. The minimum absolute atomic E-state index is 0.0413. The highest BCUT2D eigenvalue weighted by Crippen LogP contribution is 2.36. The molecule has 0 saturated carbocycles. The van der Waals surface area contributed by atoms with E-state index in [-0.39, 0.29) is 17.5 Å². The number of halogens is 3. The molecule has 1 saturated heterocycles. The summed E-state index contributed by atoms with van der Waals surface area (Å²) in [7, 11) is -1.49. The summed E-state index contributed by atoms with van der Waals surface area (Å²) in [4.78, 5) is 0. The fraction of sp³-hybridized carbons (Fsp3) is 0.364. The number of alkyl halides is 3. The van der Waals surface area contributed by atoms with Crippen LogP contribution >= 0.6 is 0 Å². The number of rotatable bonds is 5. The summed E-state index contributed by atoms with van der Waals surface area (Å²) in [5.74, 6) is 0.790. The molecular formula is C22H23F3N2O3S. The van der Waals surface area contributed by atoms with Gasteiger partial charge in [0.05, 0.1) is 24.1 Å². The zero-order valence-corrected chi connectivity index (χ0v) is 17.8. The molecule has 1 aliphatic rings. The highest BCUT2D eigenvalue weighted by Gasteiger charge is 2.31. The minimum atomic E-state index is -4.39. The average Bonchev–Trinajstić information content (AvgIpc) is 3.07. The first-order valence-electron chi connectivity index (χ1n) is 9.95. The Morgan fingerprint density at radius 1 is 1.10 bits per heavy atom. The molecular weight excluding hydrogens is 429 g/mol. The quantitative estimate of drug-likeness (QED) is 0.600. The molecule has 1 fully saturated rings. The molecule has 1 N–H and O–H groups in total. The number of nitrogens with one attached hydrogen (secondary N) is 1. The number of nitrogens with zero attached hydrogens (tertiary/aromatic N) is 1. The van der Waals surface area contributed by atoms with Gasteiger partial charge in [0.1, 0.15) is 22.1 Å². The lowest BCUT2D eigenvalue weighted by Crippen LogP contribution is -2.32. The molecule has 1 aromatic heterocycles. The molecule has 5 nitrogen and oxygen atoms in total. The van der Waals surface area contributed by atoms with Crippen LogP contribution in [0, 0.1) is 0 Å². The smallest absolute Gasteiger partial charge is 0.406 e. The monoisotopic (exact) mass is 452 g/mol. The van der Waals surface area contributed by atoms with Crippen molar-refractivity contribution in [3.8, 4) is 17.0 Å². The first-order chi connectivity index (χ1) is 14.6. The Bertz CT molecular complexity index is 1190. The van der Waals surface area contributed by atoms with Crippen molar-refractivity contribution >= 4 is 26.4 Å². The van der Waals surface area contributed by atoms with Crippen LogP contribution in [0.25, 0.3) is 22.2 Å². The molecule has 2 aromatic carbocycles. The Morgan fingerprint density at radius 3 is 2.48 bits per heavy atom. The number of aromatic nitrogens is 1. The van der Waals surface area contributed by atoms with Gasteiger partial charge in [-0.15, -0.1) is 0 Å². The second-order valence-corrected chi connectivity index (χ2v) is 10.1. The molecule has 31 heavy (non-hydrogen) atoms. The third-order valence-corrected chi connectivity index (χ3v) is 7.28. The number of fused-ring (bicyclic) bond motifs is 1. The fourth-order valence-corrected chi connectivity index (χ4v) is 5.53. The molecule has 0 unspecified atom stereocenters. The second-order valence-electron chi connectivity index (χ2n) is 7.77. The van der Waals surface area contributed by atoms with E-state index in [1.54, 1.807) is 42.5 Å². The summed E-state index contributed by atoms with van der Waals surface area (Å²) >= 11 is 0. The maximum absolute atomic E-state index is 13.4. The molecule has 0 radical (unpaired) electrons. The van der Waals surface area contributed by atoms with E-state index in [4.69, 9.17) is 4.74 Å². The number of methoxy groups -OCH3 is 1. The third kappa shape index (κ3) is 4.81. The molecule has 9 heteroatoms. The second kappa shape index (κ2) is 8.11. The van der Waals surface area contributed by atoms with Gasteiger partial charge in [0.2, 0.25) is 0 Å². The van der Waals surface area contributed by atoms with Gasteiger partial charge in [-0.1, -0.05) is 18.2 Å². The molecule has 3 aromatic rings. The van der Waals surface area contributed by atoms with Crippen LogP contribution in [-0.2, 0) is 16.4 Å². The summed E-state index contributed by atoms with van der Waals surface area (Å²) in [5.41, 5.74) is 2.22. The molecule has 2 heterocycles. The van der Waals surface area contributed by atoms with Gasteiger partial charge in [-0.3, -0.25) is 0 Å². The van der Waals surface area contributed by atoms with Gasteiger partial charge in [0, 0.05) is 28.4 Å². The maximum atomic E-state index is 13.4. The molecule has 0 amide bonds. The summed E-state index contributed by atoms with van der Waals surface area (Å²) in [5, 5.41) is 4.02. The Hall–Kier alpha value is -2.68. The topological polar surface area (TPSA) is 60.3 Å². The number of benzene rings is 2. The van der Waals surface area contributed by atoms with Crippen molar-refractivity contribution in [1.82, 2.24) is 4.57 Å². The highest BCUT2D eigenvalue weighted by molar-refractivity contribution is 7.91. The standard InChI is InChI=1S/C22H23F3N2O3S/c1-30-17-5-2-4-15(12-17)21-13-18-19(26-16-8-10-31(28,29)11-9-16)6-3-7-20(18)27(21)14-22(23,24)25/h2-7,12-13,16,26H,8-11,14H2,1H3. The van der Waals surface area contributed by atoms with E-state index in [0.717, 1.165) is 0 Å². The lowest BCUT2D eigenvalue weighted by Gasteiger charge is -2.24. The van der Waals surface area contributed by atoms with Crippen molar-refractivity contribution in [2.24, 2.45) is 0 Å². The molecule has 1 aliphatic heterocycles. The predicted octanol–water partition coefficient (Wildman–Crippen LogP) is 4.87. The third-order valence-electron chi connectivity index (χ3n) is 5.56. The Kier molecular flexibility index (Phi) is 5.63. The van der Waals surface area contributed by atoms with Gasteiger partial charge < -0.3 is 14.6 Å². The summed E-state index contributed by atoms with van der Waals surface area (Å²) < 4.78 is 70.2. The van der Waals surface area contributed by atoms with Gasteiger partial charge in [0.15, 0.2) is 0 Å². The lowest BCUT2D eigenvalue weighted by molar-refractivity contribution is -0.139. The SMILES string of the molecule is COc1cccc(-c2cc3c(NC4CCS(=O)(=O)CC4)cccc3n2CC(F)(F)F)c1. The first kappa shape index (κ1) is 21.5. The molecule has 166 valence electrons. The summed E-state index contributed by atoms with van der Waals surface area (Å²) in [6, 6.07) is 13.9. The average molecular weight is 452 g/mol. The first-order valence-corrected chi connectivity index (χ1v) is 11.8. The Balaban J connectivity index is 1.78. The Morgan fingerprint density at radius 2 is 1.81 bits per heavy atom. The van der Waals surface area contributed by atoms with Crippen molar-refractivity contribution in [3.63, 3.8) is 0 Å². The van der Waals surface area contributed by atoms with E-state index in [1.165, 1.54) is 11.7 Å². The molecule has 0 atom stereocenters. The number of anilines is 1. The van der Waals surface area contributed by atoms with Crippen LogP contribution in [0.4, 0.5) is 18.9 Å². The van der Waals surface area contributed by atoms with Gasteiger partial charge in [0.25, 0.3) is 0 Å². The highest BCUT2D eigenvalue weighted by atomic mass is 32.2.